The van der Waals surface area contributed by atoms with Crippen molar-refractivity contribution in [2.45, 2.75) is 161 Å². The van der Waals surface area contributed by atoms with Crippen LogP contribution < -0.4 is 10.6 Å². The minimum Gasteiger partial charge on any atom is -0.481 e. The maximum absolute atomic E-state index is 12.2. The van der Waals surface area contributed by atoms with Crippen LogP contribution in [0.25, 0.3) is 0 Å². The molecule has 2 amide bonds. The second-order valence-corrected chi connectivity index (χ2v) is 28.7. The van der Waals surface area contributed by atoms with Crippen molar-refractivity contribution in [3.63, 3.8) is 0 Å². The number of ether oxygens (including phenoxy) is 24. The third-order valence-corrected chi connectivity index (χ3v) is 19.4. The van der Waals surface area contributed by atoms with Crippen molar-refractivity contribution in [2.75, 3.05) is 324 Å². The maximum atomic E-state index is 12.2. The zero-order chi connectivity index (χ0) is 84.8. The van der Waals surface area contributed by atoms with Gasteiger partial charge < -0.3 is 135 Å². The molecule has 1 saturated carbocycles. The van der Waals surface area contributed by atoms with Crippen molar-refractivity contribution in [2.24, 2.45) is 23.7 Å². The lowest BCUT2D eigenvalue weighted by Gasteiger charge is -2.12. The summed E-state index contributed by atoms with van der Waals surface area (Å²) in [6.07, 6.45) is 22.5. The summed E-state index contributed by atoms with van der Waals surface area (Å²) in [4.78, 5) is 46.0. The lowest BCUT2D eigenvalue weighted by atomic mass is 9.94. The van der Waals surface area contributed by atoms with Gasteiger partial charge in [-0.3, -0.25) is 14.4 Å². The summed E-state index contributed by atoms with van der Waals surface area (Å²) < 4.78 is 135. The molecule has 4 atom stereocenters. The monoisotopic (exact) mass is 1720 g/mol. The van der Waals surface area contributed by atoms with E-state index in [4.69, 9.17) is 119 Å². The Morgan fingerprint density at radius 1 is 0.345 bits per heavy atom. The van der Waals surface area contributed by atoms with Crippen molar-refractivity contribution in [3.05, 3.63) is 11.4 Å². The fourth-order valence-electron chi connectivity index (χ4n) is 12.8. The summed E-state index contributed by atoms with van der Waals surface area (Å²) in [6, 6.07) is 0. The highest BCUT2D eigenvalue weighted by Crippen LogP contribution is 2.53. The van der Waals surface area contributed by atoms with Gasteiger partial charge in [0.25, 0.3) is 0 Å². The normalized spacial score (nSPS) is 14.8. The summed E-state index contributed by atoms with van der Waals surface area (Å²) in [7, 11) is 1.58. The topological polar surface area (TPSA) is 385 Å². The summed E-state index contributed by atoms with van der Waals surface area (Å²) in [5.74, 6) is 0.0636. The van der Waals surface area contributed by atoms with Gasteiger partial charge in [0.1, 0.15) is 0 Å². The number of carbonyl (C=O) groups excluding carboxylic acids is 2. The summed E-state index contributed by atoms with van der Waals surface area (Å²) in [6.45, 7) is 23.4. The van der Waals surface area contributed by atoms with Gasteiger partial charge in [-0.25, -0.2) is 9.48 Å². The van der Waals surface area contributed by atoms with Crippen LogP contribution >= 0.6 is 0 Å². The average Bonchev–Trinajstić information content (AvgIpc) is 1.61. The molecule has 3 rings (SSSR count). The lowest BCUT2D eigenvalue weighted by Crippen LogP contribution is -2.27. The third kappa shape index (κ3) is 71.8. The van der Waals surface area contributed by atoms with Crippen LogP contribution in [0.15, 0.2) is 0 Å². The predicted molar refractivity (Wildman–Crippen MR) is 440 cm³/mol. The molecule has 0 saturated heterocycles. The number of nitrogens with one attached hydrogen (secondary N) is 2. The number of aromatic nitrogens is 3. The fourth-order valence-corrected chi connectivity index (χ4v) is 12.8. The van der Waals surface area contributed by atoms with Crippen molar-refractivity contribution >= 4 is 23.9 Å². The van der Waals surface area contributed by atoms with Crippen molar-refractivity contribution in [3.8, 4) is 0 Å². The molecule has 0 aliphatic heterocycles. The Labute approximate surface area is 709 Å². The Kier molecular flexibility index (Phi) is 78.9. The molecule has 119 heavy (non-hydrogen) atoms. The van der Waals surface area contributed by atoms with E-state index in [9.17, 15) is 24.3 Å². The zero-order valence-electron chi connectivity index (χ0n) is 72.6. The van der Waals surface area contributed by atoms with Gasteiger partial charge >= 0.3 is 18.0 Å². The summed E-state index contributed by atoms with van der Waals surface area (Å²) in [5.41, 5.74) is 2.28. The number of rotatable bonds is 97. The van der Waals surface area contributed by atoms with Crippen molar-refractivity contribution < 1.29 is 143 Å². The molecule has 1 aromatic heterocycles. The van der Waals surface area contributed by atoms with Gasteiger partial charge in [0.15, 0.2) is 0 Å². The molecule has 1 unspecified atom stereocenters. The van der Waals surface area contributed by atoms with Gasteiger partial charge in [0, 0.05) is 26.4 Å². The molecule has 1 heterocycles. The Morgan fingerprint density at radius 3 is 0.891 bits per heavy atom. The third-order valence-electron chi connectivity index (χ3n) is 19.4. The van der Waals surface area contributed by atoms with Crippen LogP contribution in [0.4, 0.5) is 4.79 Å². The van der Waals surface area contributed by atoms with Crippen LogP contribution in [-0.4, -0.2) is 373 Å². The number of amides is 2. The highest BCUT2D eigenvalue weighted by atomic mass is 16.6. The number of carboxylic acids is 2. The first-order valence-corrected chi connectivity index (χ1v) is 44.5. The van der Waals surface area contributed by atoms with Gasteiger partial charge in [-0.1, -0.05) is 95.1 Å². The molecule has 1 aromatic rings. The molecular formula is C84H157N5O30. The first kappa shape index (κ1) is 109. The maximum Gasteiger partial charge on any atom is 0.406 e. The van der Waals surface area contributed by atoms with Gasteiger partial charge in [-0.2, -0.15) is 0 Å². The molecule has 0 radical (unpaired) electrons. The number of carboxylic acid groups (broad SMARTS) is 2. The van der Waals surface area contributed by atoms with E-state index in [2.05, 4.69) is 20.9 Å². The van der Waals surface area contributed by atoms with E-state index in [0.29, 0.717) is 348 Å². The molecule has 0 aromatic carbocycles. The van der Waals surface area contributed by atoms with Crippen molar-refractivity contribution in [1.29, 1.82) is 0 Å². The number of unbranched alkanes of at least 4 members (excludes halogenated alkanes) is 14. The number of hydrogen-bond donors (Lipinski definition) is 4. The Balaban J connectivity index is 0.851. The quantitative estimate of drug-likeness (QED) is 0.0459. The summed E-state index contributed by atoms with van der Waals surface area (Å²) >= 11 is 0. The second-order valence-electron chi connectivity index (χ2n) is 28.7. The standard InChI is InChI=1S/C84H157N5O30/c1-85-84(95)119-74-78-76-22-24-79-80(25-23-77(76)78)89(88-87-79)27-29-97-31-33-99-35-37-101-39-41-103-43-45-105-47-49-107-51-53-109-55-57-111-59-61-113-63-65-115-67-69-117-71-73-118-72-70-116-68-66-114-64-62-112-60-58-110-56-54-108-52-50-106-48-46-104-44-42-102-40-38-100-36-34-98-32-30-96-28-26-86-81(90)20-16-12-8-4-2-6-10-14-18-75(83(93)94)19-15-11-7-3-5-9-13-17-21-82(91)92/h75-78H,2-74H2,1H3,(H,85,95)(H,86,90)(H,91,92)(H,93,94)/t75?,76-,77+,78-/m1/s1. The van der Waals surface area contributed by atoms with E-state index in [0.717, 1.165) is 147 Å². The Morgan fingerprint density at radius 2 is 0.605 bits per heavy atom. The van der Waals surface area contributed by atoms with Crippen LogP contribution in [0.1, 0.15) is 153 Å². The fraction of sp³-hybridized carbons (Fsp3) is 0.929. The molecule has 0 bridgehead atoms. The number of alkyl carbamates (subject to hydrolysis) is 1. The molecule has 4 N–H and O–H groups in total. The van der Waals surface area contributed by atoms with Crippen LogP contribution in [-0.2, 0) is 147 Å². The number of hydrogen-bond acceptors (Lipinski definition) is 30. The smallest absolute Gasteiger partial charge is 0.406 e. The van der Waals surface area contributed by atoms with Gasteiger partial charge in [0.05, 0.1) is 334 Å². The van der Waals surface area contributed by atoms with Crippen molar-refractivity contribution in [1.82, 2.24) is 25.6 Å². The van der Waals surface area contributed by atoms with Crippen LogP contribution in [0.2, 0.25) is 0 Å². The molecule has 35 nitrogen and oxygen atoms in total. The summed E-state index contributed by atoms with van der Waals surface area (Å²) in [5, 5.41) is 32.6. The zero-order valence-corrected chi connectivity index (χ0v) is 72.6. The highest BCUT2D eigenvalue weighted by molar-refractivity contribution is 5.75. The lowest BCUT2D eigenvalue weighted by molar-refractivity contribution is -0.142. The number of fused-ring (bicyclic) bond motifs is 2. The average molecular weight is 1720 g/mol. The Bertz CT molecular complexity index is 2390. The number of nitrogens with zero attached hydrogens (tertiary/aromatic N) is 3. The molecule has 35 heteroatoms. The minimum atomic E-state index is -0.724. The van der Waals surface area contributed by atoms with Crippen LogP contribution in [0.5, 0.6) is 0 Å². The van der Waals surface area contributed by atoms with E-state index in [-0.39, 0.29) is 24.3 Å². The predicted octanol–water partition coefficient (Wildman–Crippen LogP) is 7.46. The molecule has 0 spiro atoms. The van der Waals surface area contributed by atoms with Crippen LogP contribution in [0, 0.1) is 23.7 Å². The molecule has 2 aliphatic rings. The van der Waals surface area contributed by atoms with E-state index in [1.807, 2.05) is 4.68 Å². The van der Waals surface area contributed by atoms with Gasteiger partial charge in [0.2, 0.25) is 5.91 Å². The van der Waals surface area contributed by atoms with Crippen LogP contribution in [0.3, 0.4) is 0 Å². The SMILES string of the molecule is CNC(=O)OC[C@@H]1[C@@H]2CCc3nnn(CCOCCOCCOCCOCCOCCOCCOCCOCCOCCOCCOCCOCCOCCOCCOCCOCCOCCOCCOCCOCCOCCOCCOCCNC(=O)CCCCCCCCCCC(CCCCCCCCCCC(=O)O)C(=O)O)c3CC[C@@H]21. The number of aryl methyl sites for hydroxylation is 1. The first-order chi connectivity index (χ1) is 58.8. The minimum absolute atomic E-state index is 0.0506. The number of carbonyl (C=O) groups is 4. The van der Waals surface area contributed by atoms with E-state index < -0.39 is 11.9 Å². The molecule has 1 fully saturated rings. The Hall–Kier alpha value is -4.10. The first-order valence-electron chi connectivity index (χ1n) is 44.5. The molecule has 2 aliphatic carbocycles. The largest absolute Gasteiger partial charge is 0.481 e. The second kappa shape index (κ2) is 86.0. The van der Waals surface area contributed by atoms with Gasteiger partial charge in [-0.15, -0.1) is 5.10 Å². The van der Waals surface area contributed by atoms with E-state index in [1.165, 1.54) is 5.69 Å². The van der Waals surface area contributed by atoms with E-state index in [1.54, 1.807) is 7.05 Å². The molecular weight excluding hydrogens is 1560 g/mol. The molecule has 698 valence electrons. The van der Waals surface area contributed by atoms with E-state index >= 15 is 0 Å². The number of aliphatic carboxylic acids is 2. The highest BCUT2D eigenvalue weighted by Gasteiger charge is 2.50. The van der Waals surface area contributed by atoms with Gasteiger partial charge in [-0.05, 0) is 69.1 Å².